The second kappa shape index (κ2) is 6.20. The molecule has 0 aliphatic heterocycles. The van der Waals surface area contributed by atoms with Crippen molar-refractivity contribution in [3.05, 3.63) is 35.5 Å². The lowest BCUT2D eigenvalue weighted by Crippen LogP contribution is -2.47. The van der Waals surface area contributed by atoms with E-state index in [1.165, 1.54) is 35.0 Å². The fourth-order valence-corrected chi connectivity index (χ4v) is 3.97. The van der Waals surface area contributed by atoms with Crippen molar-refractivity contribution in [3.63, 3.8) is 0 Å². The van der Waals surface area contributed by atoms with Crippen molar-refractivity contribution >= 4 is 34.0 Å². The Kier molecular flexibility index (Phi) is 4.04. The molecule has 0 spiro atoms. The summed E-state index contributed by atoms with van der Waals surface area (Å²) < 4.78 is 0. The number of rotatable bonds is 5. The number of nitrogens with one attached hydrogen (secondary N) is 2. The molecule has 1 aromatic heterocycles. The fraction of sp³-hybridized carbons (Fsp3) is 0.474. The number of carbonyl (C=O) groups is 1. The zero-order valence-electron chi connectivity index (χ0n) is 13.7. The highest BCUT2D eigenvalue weighted by Crippen LogP contribution is 2.34. The van der Waals surface area contributed by atoms with Crippen LogP contribution in [0.3, 0.4) is 0 Å². The van der Waals surface area contributed by atoms with Crippen LogP contribution in [0.5, 0.6) is 0 Å². The first-order valence-electron chi connectivity index (χ1n) is 8.80. The van der Waals surface area contributed by atoms with Crippen molar-refractivity contribution in [1.82, 2.24) is 10.3 Å². The van der Waals surface area contributed by atoms with Crippen LogP contribution in [0.1, 0.15) is 36.9 Å². The van der Waals surface area contributed by atoms with Gasteiger partial charge in [0.25, 0.3) is 0 Å². The van der Waals surface area contributed by atoms with Gasteiger partial charge in [-0.05, 0) is 43.2 Å². The number of carbonyl (C=O) groups excluding carboxylic acids is 1. The highest BCUT2D eigenvalue weighted by molar-refractivity contribution is 7.80. The molecule has 1 unspecified atom stereocenters. The van der Waals surface area contributed by atoms with Crippen LogP contribution in [0.15, 0.2) is 24.3 Å². The third-order valence-corrected chi connectivity index (χ3v) is 5.68. The number of fused-ring (bicyclic) bond motifs is 3. The normalized spacial score (nSPS) is 21.2. The van der Waals surface area contributed by atoms with Gasteiger partial charge in [0.2, 0.25) is 5.91 Å². The third kappa shape index (κ3) is 3.05. The molecule has 0 saturated heterocycles. The molecule has 1 saturated carbocycles. The summed E-state index contributed by atoms with van der Waals surface area (Å²) in [6.45, 7) is 0. The smallest absolute Gasteiger partial charge is 0.224 e. The number of aromatic amines is 1. The predicted octanol–water partition coefficient (Wildman–Crippen LogP) is 2.84. The molecule has 5 heteroatoms. The molecule has 2 aliphatic rings. The van der Waals surface area contributed by atoms with Gasteiger partial charge in [-0.3, -0.25) is 4.79 Å². The first-order valence-corrected chi connectivity index (χ1v) is 9.21. The minimum Gasteiger partial charge on any atom is -0.392 e. The van der Waals surface area contributed by atoms with Gasteiger partial charge in [-0.1, -0.05) is 43.3 Å². The molecule has 1 aromatic carbocycles. The maximum atomic E-state index is 12.7. The Morgan fingerprint density at radius 2 is 2.12 bits per heavy atom. The molecule has 0 bridgehead atoms. The van der Waals surface area contributed by atoms with E-state index in [0.29, 0.717) is 10.9 Å². The first-order chi connectivity index (χ1) is 11.6. The van der Waals surface area contributed by atoms with Gasteiger partial charge in [0.1, 0.15) is 0 Å². The Balaban J connectivity index is 1.48. The Hall–Kier alpha value is -1.88. The third-order valence-electron chi connectivity index (χ3n) is 5.39. The van der Waals surface area contributed by atoms with Crippen molar-refractivity contribution in [2.45, 2.75) is 44.6 Å². The van der Waals surface area contributed by atoms with E-state index in [9.17, 15) is 4.79 Å². The van der Waals surface area contributed by atoms with Gasteiger partial charge in [-0.15, -0.1) is 0 Å². The van der Waals surface area contributed by atoms with E-state index in [2.05, 4.69) is 28.5 Å². The number of benzene rings is 1. The molecule has 24 heavy (non-hydrogen) atoms. The number of amides is 1. The predicted molar refractivity (Wildman–Crippen MR) is 99.9 cm³/mol. The Morgan fingerprint density at radius 3 is 2.88 bits per heavy atom. The fourth-order valence-electron chi connectivity index (χ4n) is 3.82. The summed E-state index contributed by atoms with van der Waals surface area (Å²) in [6.07, 6.45) is 5.95. The molecule has 126 valence electrons. The van der Waals surface area contributed by atoms with E-state index in [1.807, 2.05) is 6.07 Å². The first kappa shape index (κ1) is 15.6. The van der Waals surface area contributed by atoms with E-state index in [1.54, 1.807) is 0 Å². The van der Waals surface area contributed by atoms with Gasteiger partial charge in [-0.2, -0.15) is 0 Å². The summed E-state index contributed by atoms with van der Waals surface area (Å²) in [5.41, 5.74) is 9.58. The lowest BCUT2D eigenvalue weighted by atomic mass is 9.85. The molecule has 4 nitrogen and oxygen atoms in total. The summed E-state index contributed by atoms with van der Waals surface area (Å²) in [7, 11) is 0. The van der Waals surface area contributed by atoms with Crippen LogP contribution in [-0.4, -0.2) is 21.9 Å². The van der Waals surface area contributed by atoms with Gasteiger partial charge in [-0.25, -0.2) is 0 Å². The molecule has 2 atom stereocenters. The summed E-state index contributed by atoms with van der Waals surface area (Å²) in [4.78, 5) is 16.7. The monoisotopic (exact) mass is 341 g/mol. The largest absolute Gasteiger partial charge is 0.392 e. The molecule has 1 heterocycles. The standard InChI is InChI=1S/C19H23N3OS/c20-18(24)17(9-11-5-6-11)22-19(23)12-7-8-16-14(10-12)13-3-1-2-4-15(13)21-16/h1-4,11-12,17,21H,5-10H2,(H2,20,24)(H,22,23)/t12?,17-/m0/s1. The van der Waals surface area contributed by atoms with Crippen LogP contribution < -0.4 is 11.1 Å². The number of aromatic nitrogens is 1. The molecule has 4 rings (SSSR count). The SMILES string of the molecule is NC(=S)[C@H](CC1CC1)NC(=O)C1CCc2[nH]c3ccccc3c2C1. The van der Waals surface area contributed by atoms with Crippen LogP contribution in [0.25, 0.3) is 10.9 Å². The molecular weight excluding hydrogens is 318 g/mol. The van der Waals surface area contributed by atoms with Crippen molar-refractivity contribution < 1.29 is 4.79 Å². The molecule has 0 radical (unpaired) electrons. The lowest BCUT2D eigenvalue weighted by Gasteiger charge is -2.25. The number of H-pyrrole nitrogens is 1. The number of hydrogen-bond donors (Lipinski definition) is 3. The zero-order valence-corrected chi connectivity index (χ0v) is 14.5. The summed E-state index contributed by atoms with van der Waals surface area (Å²) in [5, 5.41) is 4.36. The number of aryl methyl sites for hydroxylation is 1. The second-order valence-corrected chi connectivity index (χ2v) is 7.68. The summed E-state index contributed by atoms with van der Waals surface area (Å²) in [5.74, 6) is 0.792. The number of hydrogen-bond acceptors (Lipinski definition) is 2. The maximum absolute atomic E-state index is 12.7. The summed E-state index contributed by atoms with van der Waals surface area (Å²) >= 11 is 5.15. The molecular formula is C19H23N3OS. The van der Waals surface area contributed by atoms with Crippen LogP contribution >= 0.6 is 12.2 Å². The van der Waals surface area contributed by atoms with Crippen molar-refractivity contribution in [3.8, 4) is 0 Å². The molecule has 4 N–H and O–H groups in total. The lowest BCUT2D eigenvalue weighted by molar-refractivity contribution is -0.125. The van der Waals surface area contributed by atoms with Crippen molar-refractivity contribution in [2.24, 2.45) is 17.6 Å². The Labute approximate surface area is 147 Å². The van der Waals surface area contributed by atoms with E-state index in [-0.39, 0.29) is 17.9 Å². The van der Waals surface area contributed by atoms with Gasteiger partial charge < -0.3 is 16.0 Å². The van der Waals surface area contributed by atoms with E-state index < -0.39 is 0 Å². The Morgan fingerprint density at radius 1 is 1.33 bits per heavy atom. The number of nitrogens with two attached hydrogens (primary N) is 1. The van der Waals surface area contributed by atoms with Crippen molar-refractivity contribution in [2.75, 3.05) is 0 Å². The van der Waals surface area contributed by atoms with Gasteiger partial charge in [0.15, 0.2) is 0 Å². The highest BCUT2D eigenvalue weighted by atomic mass is 32.1. The zero-order chi connectivity index (χ0) is 16.7. The van der Waals surface area contributed by atoms with Gasteiger partial charge in [0, 0.05) is 22.5 Å². The van der Waals surface area contributed by atoms with Crippen molar-refractivity contribution in [1.29, 1.82) is 0 Å². The van der Waals surface area contributed by atoms with E-state index >= 15 is 0 Å². The van der Waals surface area contributed by atoms with Gasteiger partial charge >= 0.3 is 0 Å². The van der Waals surface area contributed by atoms with Crippen LogP contribution in [0, 0.1) is 11.8 Å². The molecule has 2 aromatic rings. The quantitative estimate of drug-likeness (QED) is 0.732. The Bertz CT molecular complexity index is 793. The van der Waals surface area contributed by atoms with E-state index in [4.69, 9.17) is 18.0 Å². The molecule has 1 amide bonds. The van der Waals surface area contributed by atoms with Crippen LogP contribution in [-0.2, 0) is 17.6 Å². The highest BCUT2D eigenvalue weighted by Gasteiger charge is 2.31. The minimum atomic E-state index is -0.149. The second-order valence-electron chi connectivity index (χ2n) is 7.21. The summed E-state index contributed by atoms with van der Waals surface area (Å²) in [6, 6.07) is 8.18. The maximum Gasteiger partial charge on any atom is 0.224 e. The average molecular weight is 341 g/mol. The minimum absolute atomic E-state index is 0.00718. The number of para-hydroxylation sites is 1. The average Bonchev–Trinajstić information content (AvgIpc) is 3.32. The topological polar surface area (TPSA) is 70.9 Å². The molecule has 2 aliphatic carbocycles. The van der Waals surface area contributed by atoms with Gasteiger partial charge in [0.05, 0.1) is 11.0 Å². The van der Waals surface area contributed by atoms with E-state index in [0.717, 1.165) is 25.7 Å². The van der Waals surface area contributed by atoms with Crippen LogP contribution in [0.4, 0.5) is 0 Å². The molecule has 1 fully saturated rings. The van der Waals surface area contributed by atoms with Crippen LogP contribution in [0.2, 0.25) is 0 Å². The number of thiocarbonyl (C=S) groups is 1.